The average molecular weight is 281 g/mol. The summed E-state index contributed by atoms with van der Waals surface area (Å²) in [5.74, 6) is -0.563. The third-order valence-electron chi connectivity index (χ3n) is 3.00. The van der Waals surface area contributed by atoms with Crippen LogP contribution in [0.1, 0.15) is 19.4 Å². The number of methoxy groups -OCH3 is 2. The first-order chi connectivity index (χ1) is 9.32. The van der Waals surface area contributed by atoms with E-state index in [1.807, 2.05) is 0 Å². The van der Waals surface area contributed by atoms with Crippen molar-refractivity contribution in [1.29, 1.82) is 0 Å². The summed E-state index contributed by atoms with van der Waals surface area (Å²) in [6, 6.07) is 5.23. The van der Waals surface area contributed by atoms with Crippen molar-refractivity contribution in [2.24, 2.45) is 5.41 Å². The van der Waals surface area contributed by atoms with Crippen LogP contribution in [0.4, 0.5) is 0 Å². The maximum Gasteiger partial charge on any atom is 0.318 e. The Hall–Kier alpha value is -2.24. The summed E-state index contributed by atoms with van der Waals surface area (Å²) in [7, 11) is 3.06. The van der Waals surface area contributed by atoms with E-state index < -0.39 is 17.3 Å². The Morgan fingerprint density at radius 2 is 1.80 bits per heavy atom. The maximum atomic E-state index is 11.8. The van der Waals surface area contributed by atoms with Gasteiger partial charge in [-0.1, -0.05) is 6.07 Å². The highest BCUT2D eigenvalue weighted by atomic mass is 16.5. The van der Waals surface area contributed by atoms with E-state index in [2.05, 4.69) is 5.32 Å². The average Bonchev–Trinajstić information content (AvgIpc) is 2.43. The Balaban J connectivity index is 2.76. The number of rotatable bonds is 6. The van der Waals surface area contributed by atoms with Crippen molar-refractivity contribution in [2.45, 2.75) is 20.4 Å². The Bertz CT molecular complexity index is 510. The molecule has 6 heteroatoms. The molecule has 6 nitrogen and oxygen atoms in total. The zero-order chi connectivity index (χ0) is 15.3. The fourth-order valence-electron chi connectivity index (χ4n) is 1.49. The number of hydrogen-bond acceptors (Lipinski definition) is 4. The fraction of sp³-hybridized carbons (Fsp3) is 0.429. The molecule has 1 rings (SSSR count). The molecule has 0 saturated carbocycles. The van der Waals surface area contributed by atoms with Gasteiger partial charge in [-0.25, -0.2) is 0 Å². The molecule has 0 aromatic heterocycles. The molecule has 0 spiro atoms. The first-order valence-corrected chi connectivity index (χ1v) is 6.05. The maximum absolute atomic E-state index is 11.8. The van der Waals surface area contributed by atoms with E-state index in [1.54, 1.807) is 18.2 Å². The molecule has 0 aliphatic rings. The predicted molar refractivity (Wildman–Crippen MR) is 72.8 cm³/mol. The quantitative estimate of drug-likeness (QED) is 0.770. The molecule has 0 saturated heterocycles. The van der Waals surface area contributed by atoms with Crippen molar-refractivity contribution in [3.05, 3.63) is 23.8 Å². The van der Waals surface area contributed by atoms with E-state index in [4.69, 9.17) is 14.6 Å². The first kappa shape index (κ1) is 15.8. The van der Waals surface area contributed by atoms with Gasteiger partial charge >= 0.3 is 5.97 Å². The van der Waals surface area contributed by atoms with E-state index >= 15 is 0 Å². The van der Waals surface area contributed by atoms with Crippen molar-refractivity contribution in [3.8, 4) is 11.5 Å². The van der Waals surface area contributed by atoms with Gasteiger partial charge in [-0.3, -0.25) is 9.59 Å². The number of benzene rings is 1. The van der Waals surface area contributed by atoms with Crippen LogP contribution >= 0.6 is 0 Å². The van der Waals surface area contributed by atoms with E-state index in [-0.39, 0.29) is 6.54 Å². The van der Waals surface area contributed by atoms with Gasteiger partial charge < -0.3 is 19.9 Å². The van der Waals surface area contributed by atoms with E-state index in [9.17, 15) is 9.59 Å². The van der Waals surface area contributed by atoms with E-state index in [0.717, 1.165) is 5.56 Å². The monoisotopic (exact) mass is 281 g/mol. The van der Waals surface area contributed by atoms with Gasteiger partial charge in [-0.15, -0.1) is 0 Å². The lowest BCUT2D eigenvalue weighted by molar-refractivity contribution is -0.153. The number of carbonyl (C=O) groups excluding carboxylic acids is 1. The minimum atomic E-state index is -1.46. The van der Waals surface area contributed by atoms with Crippen molar-refractivity contribution in [1.82, 2.24) is 5.32 Å². The third-order valence-corrected chi connectivity index (χ3v) is 3.00. The molecule has 0 aliphatic heterocycles. The van der Waals surface area contributed by atoms with Gasteiger partial charge in [0.05, 0.1) is 14.2 Å². The number of carbonyl (C=O) groups is 2. The van der Waals surface area contributed by atoms with Crippen LogP contribution in [-0.4, -0.2) is 31.2 Å². The molecular weight excluding hydrogens is 262 g/mol. The molecule has 0 atom stereocenters. The molecule has 2 N–H and O–H groups in total. The second-order valence-electron chi connectivity index (χ2n) is 4.80. The predicted octanol–water partition coefficient (Wildman–Crippen LogP) is 1.43. The van der Waals surface area contributed by atoms with Crippen LogP contribution < -0.4 is 14.8 Å². The summed E-state index contributed by atoms with van der Waals surface area (Å²) in [4.78, 5) is 22.8. The highest BCUT2D eigenvalue weighted by Crippen LogP contribution is 2.27. The molecule has 0 fully saturated rings. The van der Waals surface area contributed by atoms with Gasteiger partial charge in [0, 0.05) is 6.54 Å². The van der Waals surface area contributed by atoms with Crippen molar-refractivity contribution in [3.63, 3.8) is 0 Å². The number of carboxylic acids is 1. The zero-order valence-electron chi connectivity index (χ0n) is 12.0. The molecule has 20 heavy (non-hydrogen) atoms. The van der Waals surface area contributed by atoms with Crippen molar-refractivity contribution in [2.75, 3.05) is 14.2 Å². The standard InChI is InChI=1S/C14H19NO5/c1-14(2,13(17)18)12(16)15-8-9-5-6-10(19-3)11(7-9)20-4/h5-7H,8H2,1-4H3,(H,15,16)(H,17,18). The van der Waals surface area contributed by atoms with Gasteiger partial charge in [0.25, 0.3) is 0 Å². The SMILES string of the molecule is COc1ccc(CNC(=O)C(C)(C)C(=O)O)cc1OC. The molecule has 1 amide bonds. The lowest BCUT2D eigenvalue weighted by Gasteiger charge is -2.18. The van der Waals surface area contributed by atoms with Crippen molar-refractivity contribution >= 4 is 11.9 Å². The van der Waals surface area contributed by atoms with Crippen LogP contribution in [0.3, 0.4) is 0 Å². The van der Waals surface area contributed by atoms with Crippen LogP contribution in [0.25, 0.3) is 0 Å². The molecule has 0 radical (unpaired) electrons. The Kier molecular flexibility index (Phi) is 4.96. The van der Waals surface area contributed by atoms with Crippen molar-refractivity contribution < 1.29 is 24.2 Å². The topological polar surface area (TPSA) is 84.9 Å². The van der Waals surface area contributed by atoms with Crippen LogP contribution in [0.15, 0.2) is 18.2 Å². The Morgan fingerprint density at radius 1 is 1.20 bits per heavy atom. The minimum absolute atomic E-state index is 0.218. The van der Waals surface area contributed by atoms with E-state index in [0.29, 0.717) is 11.5 Å². The minimum Gasteiger partial charge on any atom is -0.493 e. The van der Waals surface area contributed by atoms with Crippen LogP contribution in [0.5, 0.6) is 11.5 Å². The number of ether oxygens (including phenoxy) is 2. The highest BCUT2D eigenvalue weighted by molar-refractivity contribution is 6.00. The summed E-state index contributed by atoms with van der Waals surface area (Å²) in [6.07, 6.45) is 0. The molecule has 1 aromatic carbocycles. The second kappa shape index (κ2) is 6.27. The summed E-state index contributed by atoms with van der Waals surface area (Å²) in [5.41, 5.74) is -0.673. The summed E-state index contributed by atoms with van der Waals surface area (Å²) < 4.78 is 10.3. The van der Waals surface area contributed by atoms with Gasteiger partial charge in [0.15, 0.2) is 11.5 Å². The largest absolute Gasteiger partial charge is 0.493 e. The number of hydrogen-bond donors (Lipinski definition) is 2. The molecule has 0 heterocycles. The van der Waals surface area contributed by atoms with Crippen LogP contribution in [0, 0.1) is 5.41 Å². The molecule has 0 bridgehead atoms. The van der Waals surface area contributed by atoms with Gasteiger partial charge in [0.1, 0.15) is 5.41 Å². The Labute approximate surface area is 117 Å². The number of carboxylic acid groups (broad SMARTS) is 1. The zero-order valence-corrected chi connectivity index (χ0v) is 12.0. The lowest BCUT2D eigenvalue weighted by Crippen LogP contribution is -2.41. The highest BCUT2D eigenvalue weighted by Gasteiger charge is 2.35. The van der Waals surface area contributed by atoms with Gasteiger partial charge in [-0.2, -0.15) is 0 Å². The van der Waals surface area contributed by atoms with Crippen LogP contribution in [0.2, 0.25) is 0 Å². The molecule has 110 valence electrons. The molecular formula is C14H19NO5. The summed E-state index contributed by atoms with van der Waals surface area (Å²) in [5, 5.41) is 11.6. The molecule has 0 unspecified atom stereocenters. The molecule has 1 aromatic rings. The molecule has 0 aliphatic carbocycles. The van der Waals surface area contributed by atoms with Crippen LogP contribution in [-0.2, 0) is 16.1 Å². The second-order valence-corrected chi connectivity index (χ2v) is 4.80. The number of nitrogens with one attached hydrogen (secondary N) is 1. The van der Waals surface area contributed by atoms with Gasteiger partial charge in [0.2, 0.25) is 5.91 Å². The summed E-state index contributed by atoms with van der Waals surface area (Å²) in [6.45, 7) is 2.94. The number of aliphatic carboxylic acids is 1. The van der Waals surface area contributed by atoms with E-state index in [1.165, 1.54) is 28.1 Å². The van der Waals surface area contributed by atoms with Gasteiger partial charge in [-0.05, 0) is 31.5 Å². The lowest BCUT2D eigenvalue weighted by atomic mass is 9.92. The third kappa shape index (κ3) is 3.40. The number of amides is 1. The fourth-order valence-corrected chi connectivity index (χ4v) is 1.49. The summed E-state index contributed by atoms with van der Waals surface area (Å²) >= 11 is 0. The smallest absolute Gasteiger partial charge is 0.318 e. The first-order valence-electron chi connectivity index (χ1n) is 6.05. The normalized spacial score (nSPS) is 10.8. The Morgan fingerprint density at radius 3 is 2.30 bits per heavy atom.